The molecule has 0 spiro atoms. The maximum atomic E-state index is 12.4. The average molecular weight is 403 g/mol. The van der Waals surface area contributed by atoms with E-state index >= 15 is 0 Å². The Kier molecular flexibility index (Phi) is 11.4. The van der Waals surface area contributed by atoms with Crippen molar-refractivity contribution in [2.75, 3.05) is 24.5 Å². The van der Waals surface area contributed by atoms with Gasteiger partial charge in [-0.15, -0.1) is 0 Å². The number of carbonyl (C=O) groups excluding carboxylic acids is 1. The van der Waals surface area contributed by atoms with Crippen LogP contribution in [-0.4, -0.2) is 68.6 Å². The standard InChI is InChI=1S/C19H23N3O2.2C2H4B/c1-14-6-8-17(9-7-14)24-19(23)22-12-11-21(13-16(22)3)18-15(2)5-4-10-20-18;2*1-2-3/h4-10,16H,11-13H2,1-3H3;2*2H,1H3. The van der Waals surface area contributed by atoms with E-state index in [0.717, 1.165) is 30.0 Å². The summed E-state index contributed by atoms with van der Waals surface area (Å²) in [6.45, 7) is 11.8. The van der Waals surface area contributed by atoms with Crippen molar-refractivity contribution in [2.45, 2.75) is 40.7 Å². The molecule has 1 aromatic carbocycles. The Morgan fingerprint density at radius 2 is 1.70 bits per heavy atom. The van der Waals surface area contributed by atoms with Crippen LogP contribution in [0.25, 0.3) is 0 Å². The van der Waals surface area contributed by atoms with E-state index in [1.165, 1.54) is 11.9 Å². The number of carbonyl (C=O) groups is 1. The molecule has 7 heteroatoms. The Bertz CT molecular complexity index is 806. The fourth-order valence-corrected chi connectivity index (χ4v) is 3.00. The SMILES string of the molecule is Cc1ccc(OC(=O)N2CCN(c3ncccc3C)CC2C)cc1.[B]=CC.[B]=CC. The third-order valence-electron chi connectivity index (χ3n) is 4.37. The molecular weight excluding hydrogens is 372 g/mol. The van der Waals surface area contributed by atoms with Gasteiger partial charge in [0.1, 0.15) is 11.6 Å². The molecule has 1 aromatic heterocycles. The van der Waals surface area contributed by atoms with E-state index < -0.39 is 0 Å². The van der Waals surface area contributed by atoms with Crippen molar-refractivity contribution < 1.29 is 9.53 Å². The number of hydrogen-bond donors (Lipinski definition) is 0. The first kappa shape index (κ1) is 25.3. The molecule has 5 nitrogen and oxygen atoms in total. The second kappa shape index (κ2) is 13.5. The van der Waals surface area contributed by atoms with Crippen molar-refractivity contribution in [2.24, 2.45) is 0 Å². The molecule has 1 aliphatic heterocycles. The van der Waals surface area contributed by atoms with E-state index in [-0.39, 0.29) is 12.1 Å². The van der Waals surface area contributed by atoms with Crippen LogP contribution >= 0.6 is 0 Å². The monoisotopic (exact) mass is 403 g/mol. The third-order valence-corrected chi connectivity index (χ3v) is 4.37. The second-order valence-electron chi connectivity index (χ2n) is 6.98. The summed E-state index contributed by atoms with van der Waals surface area (Å²) in [7, 11) is 9.44. The van der Waals surface area contributed by atoms with Crippen molar-refractivity contribution in [3.05, 3.63) is 53.7 Å². The number of rotatable bonds is 2. The van der Waals surface area contributed by atoms with E-state index in [0.29, 0.717) is 12.3 Å². The number of nitrogens with zero attached hydrogens (tertiary/aromatic N) is 3. The van der Waals surface area contributed by atoms with Crippen LogP contribution in [0.5, 0.6) is 5.75 Å². The van der Waals surface area contributed by atoms with Gasteiger partial charge in [0.05, 0.1) is 0 Å². The van der Waals surface area contributed by atoms with Gasteiger partial charge in [-0.1, -0.05) is 23.8 Å². The van der Waals surface area contributed by atoms with Crippen LogP contribution in [0.15, 0.2) is 42.6 Å². The topological polar surface area (TPSA) is 45.7 Å². The van der Waals surface area contributed by atoms with E-state index in [1.54, 1.807) is 18.7 Å². The quantitative estimate of drug-likeness (QED) is 0.722. The average Bonchev–Trinajstić information content (AvgIpc) is 2.71. The Morgan fingerprint density at radius 3 is 2.23 bits per heavy atom. The van der Waals surface area contributed by atoms with Gasteiger partial charge in [0.25, 0.3) is 0 Å². The summed E-state index contributed by atoms with van der Waals surface area (Å²) in [6.07, 6.45) is 1.52. The number of benzene rings is 1. The summed E-state index contributed by atoms with van der Waals surface area (Å²) >= 11 is 0. The van der Waals surface area contributed by atoms with Crippen LogP contribution in [-0.2, 0) is 0 Å². The summed E-state index contributed by atoms with van der Waals surface area (Å²) in [4.78, 5) is 20.9. The first-order chi connectivity index (χ1) is 14.4. The van der Waals surface area contributed by atoms with Crippen molar-refractivity contribution in [3.8, 4) is 5.75 Å². The third kappa shape index (κ3) is 7.97. The molecule has 3 rings (SSSR count). The Balaban J connectivity index is 0.000000672. The Hall–Kier alpha value is -2.69. The molecule has 2 heterocycles. The Morgan fingerprint density at radius 1 is 1.10 bits per heavy atom. The van der Waals surface area contributed by atoms with Crippen LogP contribution in [0, 0.1) is 13.8 Å². The second-order valence-corrected chi connectivity index (χ2v) is 6.98. The summed E-state index contributed by atoms with van der Waals surface area (Å²) in [5, 5.41) is 0. The molecular formula is C23H31B2N3O2. The van der Waals surface area contributed by atoms with Crippen LogP contribution < -0.4 is 9.64 Å². The van der Waals surface area contributed by atoms with Crippen LogP contribution in [0.2, 0.25) is 0 Å². The van der Waals surface area contributed by atoms with Crippen molar-refractivity contribution in [1.29, 1.82) is 0 Å². The molecule has 0 saturated carbocycles. The number of piperazine rings is 1. The minimum absolute atomic E-state index is 0.0677. The van der Waals surface area contributed by atoms with Gasteiger partial charge in [0.15, 0.2) is 0 Å². The molecule has 0 bridgehead atoms. The minimum atomic E-state index is -0.288. The van der Waals surface area contributed by atoms with Gasteiger partial charge in [-0.2, -0.15) is 0 Å². The molecule has 1 fully saturated rings. The molecule has 30 heavy (non-hydrogen) atoms. The molecule has 2 radical (unpaired) electrons. The van der Waals surface area contributed by atoms with Crippen molar-refractivity contribution >= 4 is 38.8 Å². The van der Waals surface area contributed by atoms with Crippen LogP contribution in [0.4, 0.5) is 10.6 Å². The summed E-state index contributed by atoms with van der Waals surface area (Å²) in [5.41, 5.74) is 2.29. The molecule has 0 N–H and O–H groups in total. The number of aromatic nitrogens is 1. The fraction of sp³-hybridized carbons (Fsp3) is 0.391. The first-order valence-corrected chi connectivity index (χ1v) is 10.1. The Labute approximate surface area is 183 Å². The summed E-state index contributed by atoms with van der Waals surface area (Å²) in [5.74, 6) is 4.58. The molecule has 1 aliphatic rings. The normalized spacial score (nSPS) is 15.0. The first-order valence-electron chi connectivity index (χ1n) is 10.1. The van der Waals surface area contributed by atoms with E-state index in [2.05, 4.69) is 22.9 Å². The van der Waals surface area contributed by atoms with Gasteiger partial charge in [-0.05, 0) is 44.5 Å². The van der Waals surface area contributed by atoms with E-state index in [9.17, 15) is 4.79 Å². The molecule has 1 unspecified atom stereocenters. The van der Waals surface area contributed by atoms with Gasteiger partial charge in [-0.3, -0.25) is 0 Å². The van der Waals surface area contributed by atoms with E-state index in [1.807, 2.05) is 50.4 Å². The fourth-order valence-electron chi connectivity index (χ4n) is 3.00. The zero-order valence-electron chi connectivity index (χ0n) is 18.7. The predicted octanol–water partition coefficient (Wildman–Crippen LogP) is 3.36. The number of hydrogen-bond acceptors (Lipinski definition) is 4. The number of aryl methyl sites for hydroxylation is 2. The number of anilines is 1. The molecule has 1 amide bonds. The van der Waals surface area contributed by atoms with Gasteiger partial charge >= 0.3 is 46.8 Å². The van der Waals surface area contributed by atoms with Gasteiger partial charge in [-0.25, -0.2) is 9.78 Å². The molecule has 2 aromatic rings. The molecule has 1 atom stereocenters. The van der Waals surface area contributed by atoms with Gasteiger partial charge in [0, 0.05) is 31.9 Å². The van der Waals surface area contributed by atoms with E-state index in [4.69, 9.17) is 19.7 Å². The maximum absolute atomic E-state index is 12.4. The molecule has 1 saturated heterocycles. The molecule has 156 valence electrons. The number of ether oxygens (including phenoxy) is 1. The number of amides is 1. The van der Waals surface area contributed by atoms with Gasteiger partial charge < -0.3 is 14.5 Å². The van der Waals surface area contributed by atoms with Crippen molar-refractivity contribution in [3.63, 3.8) is 0 Å². The zero-order chi connectivity index (χ0) is 22.5. The summed E-state index contributed by atoms with van der Waals surface area (Å²) in [6, 6.07) is 11.6. The van der Waals surface area contributed by atoms with Crippen molar-refractivity contribution in [1.82, 2.24) is 9.88 Å². The van der Waals surface area contributed by atoms with Crippen LogP contribution in [0.3, 0.4) is 0 Å². The zero-order valence-corrected chi connectivity index (χ0v) is 18.7. The predicted molar refractivity (Wildman–Crippen MR) is 130 cm³/mol. The van der Waals surface area contributed by atoms with Crippen LogP contribution in [0.1, 0.15) is 31.9 Å². The summed E-state index contributed by atoms with van der Waals surface area (Å²) < 4.78 is 5.50. The number of pyridine rings is 1. The molecule has 0 aliphatic carbocycles. The van der Waals surface area contributed by atoms with Gasteiger partial charge in [0.2, 0.25) is 0 Å².